The predicted molar refractivity (Wildman–Crippen MR) is 63.5 cm³/mol. The van der Waals surface area contributed by atoms with E-state index in [1.54, 1.807) is 6.92 Å². The lowest BCUT2D eigenvalue weighted by Crippen LogP contribution is -2.70. The largest absolute Gasteiger partial charge is 0.459 e. The molecular formula is C14H19NO3. The zero-order chi connectivity index (χ0) is 12.5. The lowest BCUT2D eigenvalue weighted by molar-refractivity contribution is -0.171. The molecule has 5 rings (SSSR count). The Morgan fingerprint density at radius 1 is 1.28 bits per heavy atom. The molecular weight excluding hydrogens is 230 g/mol. The van der Waals surface area contributed by atoms with Gasteiger partial charge in [-0.15, -0.1) is 0 Å². The predicted octanol–water partition coefficient (Wildman–Crippen LogP) is 1.39. The number of ether oxygens (including phenoxy) is 1. The van der Waals surface area contributed by atoms with Gasteiger partial charge < -0.3 is 10.1 Å². The molecule has 1 spiro atoms. The smallest absolute Gasteiger partial charge is 0.306 e. The van der Waals surface area contributed by atoms with Crippen LogP contribution in [0.5, 0.6) is 0 Å². The molecule has 1 heterocycles. The van der Waals surface area contributed by atoms with E-state index in [0.29, 0.717) is 18.3 Å². The van der Waals surface area contributed by atoms with Crippen LogP contribution in [-0.2, 0) is 14.3 Å². The highest BCUT2D eigenvalue weighted by Gasteiger charge is 2.68. The third-order valence-corrected chi connectivity index (χ3v) is 5.59. The van der Waals surface area contributed by atoms with Crippen molar-refractivity contribution in [3.05, 3.63) is 0 Å². The number of amides is 1. The Hall–Kier alpha value is -1.06. The summed E-state index contributed by atoms with van der Waals surface area (Å²) in [5.74, 6) is 1.30. The van der Waals surface area contributed by atoms with Crippen LogP contribution in [-0.4, -0.2) is 23.5 Å². The van der Waals surface area contributed by atoms with Crippen LogP contribution < -0.4 is 5.32 Å². The van der Waals surface area contributed by atoms with Crippen LogP contribution in [0, 0.1) is 17.3 Å². The van der Waals surface area contributed by atoms with Gasteiger partial charge in [-0.25, -0.2) is 0 Å². The minimum Gasteiger partial charge on any atom is -0.459 e. The van der Waals surface area contributed by atoms with Gasteiger partial charge in [0.2, 0.25) is 5.91 Å². The van der Waals surface area contributed by atoms with Crippen LogP contribution in [0.2, 0.25) is 0 Å². The molecule has 5 aliphatic rings. The maximum atomic E-state index is 11.8. The zero-order valence-corrected chi connectivity index (χ0v) is 10.7. The summed E-state index contributed by atoms with van der Waals surface area (Å²) in [6, 6.07) is 0. The topological polar surface area (TPSA) is 55.4 Å². The first-order valence-corrected chi connectivity index (χ1v) is 7.00. The second-order valence-electron chi connectivity index (χ2n) is 7.03. The molecule has 5 fully saturated rings. The second kappa shape index (κ2) is 3.09. The van der Waals surface area contributed by atoms with Crippen LogP contribution in [0.4, 0.5) is 0 Å². The fourth-order valence-corrected chi connectivity index (χ4v) is 5.76. The van der Waals surface area contributed by atoms with Gasteiger partial charge in [-0.1, -0.05) is 0 Å². The maximum absolute atomic E-state index is 11.8. The van der Waals surface area contributed by atoms with E-state index >= 15 is 0 Å². The summed E-state index contributed by atoms with van der Waals surface area (Å²) >= 11 is 0. The van der Waals surface area contributed by atoms with Gasteiger partial charge in [-0.2, -0.15) is 0 Å². The van der Waals surface area contributed by atoms with E-state index in [1.165, 1.54) is 6.42 Å². The number of nitrogens with one attached hydrogen (secondary N) is 1. The van der Waals surface area contributed by atoms with Gasteiger partial charge in [0.05, 0.1) is 12.0 Å². The SMILES string of the molecule is CC(=O)NC12CC3CC(CC4(CC(=O)O[C@@H]41)C3)C2. The highest BCUT2D eigenvalue weighted by Crippen LogP contribution is 2.65. The summed E-state index contributed by atoms with van der Waals surface area (Å²) in [5, 5.41) is 3.16. The van der Waals surface area contributed by atoms with Crippen LogP contribution in [0.25, 0.3) is 0 Å². The van der Waals surface area contributed by atoms with Crippen LogP contribution >= 0.6 is 0 Å². The quantitative estimate of drug-likeness (QED) is 0.714. The van der Waals surface area contributed by atoms with Crippen molar-refractivity contribution in [2.75, 3.05) is 0 Å². The molecule has 1 saturated heterocycles. The molecule has 2 unspecified atom stereocenters. The fraction of sp³-hybridized carbons (Fsp3) is 0.857. The van der Waals surface area contributed by atoms with Gasteiger partial charge in [0, 0.05) is 12.3 Å². The molecule has 18 heavy (non-hydrogen) atoms. The number of esters is 1. The molecule has 1 aliphatic heterocycles. The van der Waals surface area contributed by atoms with E-state index < -0.39 is 0 Å². The Kier molecular flexibility index (Phi) is 1.86. The van der Waals surface area contributed by atoms with E-state index in [1.807, 2.05) is 0 Å². The van der Waals surface area contributed by atoms with Crippen LogP contribution in [0.1, 0.15) is 45.4 Å². The zero-order valence-electron chi connectivity index (χ0n) is 10.7. The molecule has 0 radical (unpaired) electrons. The van der Waals surface area contributed by atoms with Crippen molar-refractivity contribution < 1.29 is 14.3 Å². The second-order valence-corrected chi connectivity index (χ2v) is 7.03. The van der Waals surface area contributed by atoms with Gasteiger partial charge in [0.1, 0.15) is 6.10 Å². The number of rotatable bonds is 1. The van der Waals surface area contributed by atoms with Crippen LogP contribution in [0.3, 0.4) is 0 Å². The number of carbonyl (C=O) groups excluding carboxylic acids is 2. The minimum atomic E-state index is -0.248. The Bertz CT molecular complexity index is 430. The van der Waals surface area contributed by atoms with Crippen LogP contribution in [0.15, 0.2) is 0 Å². The molecule has 4 heteroatoms. The van der Waals surface area contributed by atoms with E-state index in [-0.39, 0.29) is 28.9 Å². The number of carbonyl (C=O) groups is 2. The van der Waals surface area contributed by atoms with Crippen molar-refractivity contribution in [3.63, 3.8) is 0 Å². The van der Waals surface area contributed by atoms with Gasteiger partial charge >= 0.3 is 5.97 Å². The molecule has 3 atom stereocenters. The Morgan fingerprint density at radius 3 is 2.56 bits per heavy atom. The standard InChI is InChI=1S/C14H19NO3/c1-8(16)15-14-5-9-2-10(6-14)4-13(3-9)7-11(17)18-12(13)14/h9-10,12H,2-7H2,1H3,(H,15,16)/t9?,10?,12-,13?,14?/m0/s1. The lowest BCUT2D eigenvalue weighted by Gasteiger charge is -2.62. The van der Waals surface area contributed by atoms with E-state index in [4.69, 9.17) is 4.74 Å². The summed E-state index contributed by atoms with van der Waals surface area (Å²) < 4.78 is 5.64. The van der Waals surface area contributed by atoms with Gasteiger partial charge in [0.25, 0.3) is 0 Å². The molecule has 0 aromatic rings. The molecule has 4 aliphatic carbocycles. The Morgan fingerprint density at radius 2 is 1.94 bits per heavy atom. The number of hydrogen-bond donors (Lipinski definition) is 1. The highest BCUT2D eigenvalue weighted by atomic mass is 16.6. The molecule has 4 bridgehead atoms. The van der Waals surface area contributed by atoms with Gasteiger partial charge in [-0.3, -0.25) is 9.59 Å². The minimum absolute atomic E-state index is 0.00930. The first kappa shape index (κ1) is 10.8. The van der Waals surface area contributed by atoms with E-state index in [2.05, 4.69) is 5.32 Å². The van der Waals surface area contributed by atoms with Crippen molar-refractivity contribution in [1.82, 2.24) is 5.32 Å². The first-order valence-electron chi connectivity index (χ1n) is 7.00. The monoisotopic (exact) mass is 249 g/mol. The van der Waals surface area contributed by atoms with Crippen molar-refractivity contribution >= 4 is 11.9 Å². The van der Waals surface area contributed by atoms with Crippen molar-refractivity contribution in [2.45, 2.75) is 57.1 Å². The third-order valence-electron chi connectivity index (χ3n) is 5.59. The van der Waals surface area contributed by atoms with E-state index in [0.717, 1.165) is 25.7 Å². The summed E-state index contributed by atoms with van der Waals surface area (Å²) in [6.45, 7) is 1.57. The molecule has 0 aromatic carbocycles. The lowest BCUT2D eigenvalue weighted by atomic mass is 9.45. The fourth-order valence-electron chi connectivity index (χ4n) is 5.76. The average molecular weight is 249 g/mol. The van der Waals surface area contributed by atoms with Crippen molar-refractivity contribution in [2.24, 2.45) is 17.3 Å². The molecule has 1 amide bonds. The molecule has 4 saturated carbocycles. The average Bonchev–Trinajstić information content (AvgIpc) is 2.52. The Balaban J connectivity index is 1.79. The summed E-state index contributed by atoms with van der Waals surface area (Å²) in [6.07, 6.45) is 6.05. The maximum Gasteiger partial charge on any atom is 0.306 e. The normalized spacial score (nSPS) is 52.1. The van der Waals surface area contributed by atoms with Gasteiger partial charge in [0.15, 0.2) is 0 Å². The summed E-state index contributed by atoms with van der Waals surface area (Å²) in [5.41, 5.74) is -0.203. The third kappa shape index (κ3) is 1.21. The van der Waals surface area contributed by atoms with E-state index in [9.17, 15) is 9.59 Å². The van der Waals surface area contributed by atoms with Crippen molar-refractivity contribution in [3.8, 4) is 0 Å². The molecule has 1 N–H and O–H groups in total. The number of hydrogen-bond acceptors (Lipinski definition) is 3. The summed E-state index contributed by atoms with van der Waals surface area (Å²) in [4.78, 5) is 23.3. The highest BCUT2D eigenvalue weighted by molar-refractivity contribution is 5.76. The summed E-state index contributed by atoms with van der Waals surface area (Å²) in [7, 11) is 0. The molecule has 0 aromatic heterocycles. The van der Waals surface area contributed by atoms with Crippen molar-refractivity contribution in [1.29, 1.82) is 0 Å². The molecule has 98 valence electrons. The molecule has 4 nitrogen and oxygen atoms in total. The first-order chi connectivity index (χ1) is 8.51. The van der Waals surface area contributed by atoms with Gasteiger partial charge in [-0.05, 0) is 43.9 Å². The Labute approximate surface area is 106 Å².